The van der Waals surface area contributed by atoms with E-state index in [0.29, 0.717) is 17.5 Å². The summed E-state index contributed by atoms with van der Waals surface area (Å²) >= 11 is 5.94. The summed E-state index contributed by atoms with van der Waals surface area (Å²) < 4.78 is 10.5. The first-order valence-electron chi connectivity index (χ1n) is 8.77. The van der Waals surface area contributed by atoms with Crippen LogP contribution >= 0.6 is 11.6 Å². The third-order valence-corrected chi connectivity index (χ3v) is 5.00. The van der Waals surface area contributed by atoms with Crippen LogP contribution in [0.1, 0.15) is 18.4 Å². The molecule has 1 saturated heterocycles. The van der Waals surface area contributed by atoms with Crippen molar-refractivity contribution >= 4 is 17.3 Å². The van der Waals surface area contributed by atoms with Gasteiger partial charge in [-0.05, 0) is 54.8 Å². The lowest BCUT2D eigenvalue weighted by molar-refractivity contribution is 0.210. The van der Waals surface area contributed by atoms with E-state index in [1.807, 2.05) is 36.4 Å². The van der Waals surface area contributed by atoms with E-state index in [2.05, 4.69) is 10.2 Å². The summed E-state index contributed by atoms with van der Waals surface area (Å²) in [6, 6.07) is 12.1. The Kier molecular flexibility index (Phi) is 6.12. The van der Waals surface area contributed by atoms with Crippen molar-refractivity contribution in [1.29, 1.82) is 0 Å². The Morgan fingerprint density at radius 1 is 1.08 bits per heavy atom. The summed E-state index contributed by atoms with van der Waals surface area (Å²) in [6.45, 7) is 2.83. The lowest BCUT2D eigenvalue weighted by Crippen LogP contribution is -2.38. The molecule has 140 valence electrons. The molecule has 1 aliphatic heterocycles. The molecule has 0 aromatic heterocycles. The van der Waals surface area contributed by atoms with Crippen LogP contribution in [0.2, 0.25) is 5.02 Å². The number of hydrogen-bond donors (Lipinski definition) is 2. The Labute approximate surface area is 159 Å². The topological polar surface area (TPSA) is 54.0 Å². The molecule has 0 saturated carbocycles. The molecule has 2 aromatic carbocycles. The number of likely N-dealkylation sites (tertiary alicyclic amines) is 1. The van der Waals surface area contributed by atoms with Gasteiger partial charge in [-0.15, -0.1) is 0 Å². The molecule has 3 rings (SSSR count). The van der Waals surface area contributed by atoms with Crippen LogP contribution in [0.4, 0.5) is 5.69 Å². The van der Waals surface area contributed by atoms with Crippen molar-refractivity contribution in [2.24, 2.45) is 0 Å². The van der Waals surface area contributed by atoms with E-state index in [0.717, 1.165) is 48.7 Å². The zero-order chi connectivity index (χ0) is 18.5. The van der Waals surface area contributed by atoms with Crippen LogP contribution in [0.15, 0.2) is 36.4 Å². The molecule has 0 atom stereocenters. The third kappa shape index (κ3) is 4.54. The number of rotatable bonds is 6. The van der Waals surface area contributed by atoms with E-state index in [1.54, 1.807) is 14.2 Å². The van der Waals surface area contributed by atoms with E-state index < -0.39 is 0 Å². The van der Waals surface area contributed by atoms with Crippen molar-refractivity contribution in [1.82, 2.24) is 4.90 Å². The number of phenolic OH excluding ortho intramolecular Hbond substituents is 1. The lowest BCUT2D eigenvalue weighted by Gasteiger charge is -2.33. The zero-order valence-electron chi connectivity index (χ0n) is 15.2. The molecule has 0 amide bonds. The number of piperidine rings is 1. The van der Waals surface area contributed by atoms with Gasteiger partial charge in [0.05, 0.1) is 14.2 Å². The summed E-state index contributed by atoms with van der Waals surface area (Å²) in [6.07, 6.45) is 2.16. The fourth-order valence-electron chi connectivity index (χ4n) is 3.31. The van der Waals surface area contributed by atoms with Gasteiger partial charge in [-0.25, -0.2) is 0 Å². The normalized spacial score (nSPS) is 15.7. The Hall–Kier alpha value is -2.11. The minimum absolute atomic E-state index is 0.0459. The molecule has 0 aliphatic carbocycles. The highest BCUT2D eigenvalue weighted by atomic mass is 35.5. The summed E-state index contributed by atoms with van der Waals surface area (Å²) in [5.74, 6) is 0.932. The predicted molar refractivity (Wildman–Crippen MR) is 105 cm³/mol. The predicted octanol–water partition coefficient (Wildman–Crippen LogP) is 4.14. The second kappa shape index (κ2) is 8.52. The Balaban J connectivity index is 1.56. The number of benzene rings is 2. The highest BCUT2D eigenvalue weighted by molar-refractivity contribution is 6.30. The molecule has 0 unspecified atom stereocenters. The van der Waals surface area contributed by atoms with Gasteiger partial charge in [-0.1, -0.05) is 11.6 Å². The van der Waals surface area contributed by atoms with Gasteiger partial charge in [0.15, 0.2) is 11.5 Å². The molecule has 0 bridgehead atoms. The zero-order valence-corrected chi connectivity index (χ0v) is 15.9. The van der Waals surface area contributed by atoms with Gasteiger partial charge in [-0.2, -0.15) is 0 Å². The maximum Gasteiger partial charge on any atom is 0.200 e. The van der Waals surface area contributed by atoms with Crippen LogP contribution in [-0.4, -0.2) is 43.4 Å². The molecule has 1 fully saturated rings. The Morgan fingerprint density at radius 2 is 1.65 bits per heavy atom. The van der Waals surface area contributed by atoms with Crippen molar-refractivity contribution in [3.05, 3.63) is 47.0 Å². The van der Waals surface area contributed by atoms with Crippen molar-refractivity contribution < 1.29 is 14.6 Å². The minimum Gasteiger partial charge on any atom is -0.502 e. The standard InChI is InChI=1S/C20H25ClN2O3/c1-25-18-11-14(12-19(26-2)20(18)24)13-23-9-7-17(8-10-23)22-16-5-3-15(21)4-6-16/h3-6,11-12,17,22,24H,7-10,13H2,1-2H3. The van der Waals surface area contributed by atoms with E-state index in [4.69, 9.17) is 21.1 Å². The van der Waals surface area contributed by atoms with Crippen LogP contribution in [0.25, 0.3) is 0 Å². The van der Waals surface area contributed by atoms with E-state index in [9.17, 15) is 5.11 Å². The lowest BCUT2D eigenvalue weighted by atomic mass is 10.0. The molecule has 2 aromatic rings. The smallest absolute Gasteiger partial charge is 0.200 e. The number of phenols is 1. The van der Waals surface area contributed by atoms with Crippen LogP contribution in [0, 0.1) is 0 Å². The number of anilines is 1. The van der Waals surface area contributed by atoms with Gasteiger partial charge in [0.25, 0.3) is 0 Å². The van der Waals surface area contributed by atoms with Crippen molar-refractivity contribution in [3.8, 4) is 17.2 Å². The summed E-state index contributed by atoms with van der Waals surface area (Å²) in [5.41, 5.74) is 2.18. The van der Waals surface area contributed by atoms with Gasteiger partial charge < -0.3 is 19.9 Å². The van der Waals surface area contributed by atoms with Crippen LogP contribution < -0.4 is 14.8 Å². The quantitative estimate of drug-likeness (QED) is 0.793. The van der Waals surface area contributed by atoms with Gasteiger partial charge in [0.2, 0.25) is 5.75 Å². The van der Waals surface area contributed by atoms with Gasteiger partial charge in [-0.3, -0.25) is 4.90 Å². The van der Waals surface area contributed by atoms with Crippen molar-refractivity contribution in [2.75, 3.05) is 32.6 Å². The summed E-state index contributed by atoms with van der Waals surface area (Å²) in [5, 5.41) is 14.4. The molecule has 1 heterocycles. The number of methoxy groups -OCH3 is 2. The molecule has 26 heavy (non-hydrogen) atoms. The number of aromatic hydroxyl groups is 1. The second-order valence-electron chi connectivity index (χ2n) is 6.55. The number of halogens is 1. The van der Waals surface area contributed by atoms with Gasteiger partial charge in [0.1, 0.15) is 0 Å². The Morgan fingerprint density at radius 3 is 2.19 bits per heavy atom. The second-order valence-corrected chi connectivity index (χ2v) is 6.99. The summed E-state index contributed by atoms with van der Waals surface area (Å²) in [7, 11) is 3.10. The highest BCUT2D eigenvalue weighted by Crippen LogP contribution is 2.37. The third-order valence-electron chi connectivity index (χ3n) is 4.75. The monoisotopic (exact) mass is 376 g/mol. The molecular weight excluding hydrogens is 352 g/mol. The highest BCUT2D eigenvalue weighted by Gasteiger charge is 2.20. The van der Waals surface area contributed by atoms with Crippen LogP contribution in [-0.2, 0) is 6.54 Å². The largest absolute Gasteiger partial charge is 0.502 e. The number of nitrogens with zero attached hydrogens (tertiary/aromatic N) is 1. The van der Waals surface area contributed by atoms with Crippen LogP contribution in [0.5, 0.6) is 17.2 Å². The maximum absolute atomic E-state index is 10.0. The van der Waals surface area contributed by atoms with Gasteiger partial charge in [0, 0.05) is 36.4 Å². The number of hydrogen-bond acceptors (Lipinski definition) is 5. The number of nitrogens with one attached hydrogen (secondary N) is 1. The first-order valence-corrected chi connectivity index (χ1v) is 9.15. The van der Waals surface area contributed by atoms with Gasteiger partial charge >= 0.3 is 0 Å². The fourth-order valence-corrected chi connectivity index (χ4v) is 3.44. The fraction of sp³-hybridized carbons (Fsp3) is 0.400. The van der Waals surface area contributed by atoms with Crippen molar-refractivity contribution in [3.63, 3.8) is 0 Å². The minimum atomic E-state index is 0.0459. The first kappa shape index (κ1) is 18.7. The summed E-state index contributed by atoms with van der Waals surface area (Å²) in [4.78, 5) is 2.41. The number of ether oxygens (including phenoxy) is 2. The molecule has 1 aliphatic rings. The average Bonchev–Trinajstić information content (AvgIpc) is 2.66. The van der Waals surface area contributed by atoms with Crippen LogP contribution in [0.3, 0.4) is 0 Å². The molecule has 0 spiro atoms. The molecule has 6 heteroatoms. The molecule has 2 N–H and O–H groups in total. The SMILES string of the molecule is COc1cc(CN2CCC(Nc3ccc(Cl)cc3)CC2)cc(OC)c1O. The Bertz CT molecular complexity index is 703. The maximum atomic E-state index is 10.0. The van der Waals surface area contributed by atoms with E-state index >= 15 is 0 Å². The molecular formula is C20H25ClN2O3. The molecule has 5 nitrogen and oxygen atoms in total. The first-order chi connectivity index (χ1) is 12.6. The van der Waals surface area contributed by atoms with E-state index in [-0.39, 0.29) is 5.75 Å². The van der Waals surface area contributed by atoms with Crippen molar-refractivity contribution in [2.45, 2.75) is 25.4 Å². The molecule has 0 radical (unpaired) electrons. The average molecular weight is 377 g/mol. The van der Waals surface area contributed by atoms with E-state index in [1.165, 1.54) is 0 Å².